The van der Waals surface area contributed by atoms with Gasteiger partial charge in [0.05, 0.1) is 23.8 Å². The first-order valence-electron chi connectivity index (χ1n) is 7.46. The Bertz CT molecular complexity index is 911. The fourth-order valence-corrected chi connectivity index (χ4v) is 3.69. The summed E-state index contributed by atoms with van der Waals surface area (Å²) in [7, 11) is -3.34. The van der Waals surface area contributed by atoms with Gasteiger partial charge in [-0.05, 0) is 30.2 Å². The third-order valence-corrected chi connectivity index (χ3v) is 4.99. The third kappa shape index (κ3) is 3.78. The average Bonchev–Trinajstić information content (AvgIpc) is 3.11. The van der Waals surface area contributed by atoms with Gasteiger partial charge in [0.2, 0.25) is 10.0 Å². The molecule has 1 aromatic carbocycles. The van der Waals surface area contributed by atoms with E-state index in [1.54, 1.807) is 12.1 Å². The minimum absolute atomic E-state index is 0.309. The standard InChI is InChI=1S/C15H16F2N4O3S/c1-25(23,24)21-5-4-10-6-11(2-3-13(10)21)15(22)19-12-7-18-20(8-12)9-14(16)17/h2-3,6-8,14H,4-5,9H2,1H3,(H,19,22). The van der Waals surface area contributed by atoms with Gasteiger partial charge in [-0.15, -0.1) is 0 Å². The Morgan fingerprint density at radius 1 is 1.40 bits per heavy atom. The number of halogens is 2. The van der Waals surface area contributed by atoms with Crippen molar-refractivity contribution in [2.24, 2.45) is 0 Å². The molecular weight excluding hydrogens is 354 g/mol. The zero-order chi connectivity index (χ0) is 18.2. The lowest BCUT2D eigenvalue weighted by molar-refractivity contribution is 0.102. The molecule has 0 unspecified atom stereocenters. The predicted molar refractivity (Wildman–Crippen MR) is 88.5 cm³/mol. The lowest BCUT2D eigenvalue weighted by Crippen LogP contribution is -2.27. The second-order valence-electron chi connectivity index (χ2n) is 5.72. The van der Waals surface area contributed by atoms with E-state index in [9.17, 15) is 22.0 Å². The molecule has 1 N–H and O–H groups in total. The van der Waals surface area contributed by atoms with Gasteiger partial charge in [-0.25, -0.2) is 17.2 Å². The zero-order valence-corrected chi connectivity index (χ0v) is 14.1. The Hall–Kier alpha value is -2.49. The number of rotatable bonds is 5. The quantitative estimate of drug-likeness (QED) is 0.869. The molecule has 0 bridgehead atoms. The molecule has 7 nitrogen and oxygen atoms in total. The second-order valence-corrected chi connectivity index (χ2v) is 7.63. The van der Waals surface area contributed by atoms with E-state index in [2.05, 4.69) is 10.4 Å². The predicted octanol–water partition coefficient (Wildman–Crippen LogP) is 1.72. The van der Waals surface area contributed by atoms with Crippen molar-refractivity contribution in [1.29, 1.82) is 0 Å². The summed E-state index contributed by atoms with van der Waals surface area (Å²) in [6, 6.07) is 4.76. The Kier molecular flexibility index (Phi) is 4.46. The van der Waals surface area contributed by atoms with E-state index in [-0.39, 0.29) is 0 Å². The molecule has 0 atom stereocenters. The van der Waals surface area contributed by atoms with Crippen LogP contribution in [0.15, 0.2) is 30.6 Å². The molecule has 0 aliphatic carbocycles. The van der Waals surface area contributed by atoms with Crippen LogP contribution in [0, 0.1) is 0 Å². The van der Waals surface area contributed by atoms with E-state index >= 15 is 0 Å². The van der Waals surface area contributed by atoms with Crippen LogP contribution in [0.3, 0.4) is 0 Å². The topological polar surface area (TPSA) is 84.3 Å². The minimum atomic E-state index is -3.34. The third-order valence-electron chi connectivity index (χ3n) is 3.81. The summed E-state index contributed by atoms with van der Waals surface area (Å²) >= 11 is 0. The van der Waals surface area contributed by atoms with Crippen LogP contribution in [-0.4, -0.2) is 43.3 Å². The molecule has 0 saturated heterocycles. The monoisotopic (exact) mass is 370 g/mol. The highest BCUT2D eigenvalue weighted by Crippen LogP contribution is 2.30. The molecule has 1 amide bonds. The molecule has 0 spiro atoms. The Balaban J connectivity index is 1.75. The normalized spacial score (nSPS) is 14.0. The summed E-state index contributed by atoms with van der Waals surface area (Å²) < 4.78 is 50.4. The number of nitrogens with one attached hydrogen (secondary N) is 1. The van der Waals surface area contributed by atoms with Crippen molar-refractivity contribution in [1.82, 2.24) is 9.78 Å². The van der Waals surface area contributed by atoms with Crippen LogP contribution in [0.2, 0.25) is 0 Å². The molecule has 0 radical (unpaired) electrons. The molecule has 134 valence electrons. The highest BCUT2D eigenvalue weighted by Gasteiger charge is 2.26. The summed E-state index contributed by atoms with van der Waals surface area (Å²) in [5.74, 6) is -0.419. The van der Waals surface area contributed by atoms with Gasteiger partial charge >= 0.3 is 0 Å². The number of fused-ring (bicyclic) bond motifs is 1. The first-order valence-corrected chi connectivity index (χ1v) is 9.31. The second kappa shape index (κ2) is 6.43. The van der Waals surface area contributed by atoms with E-state index in [1.807, 2.05) is 0 Å². The lowest BCUT2D eigenvalue weighted by Gasteiger charge is -2.16. The Labute approximate surface area is 143 Å². The molecule has 25 heavy (non-hydrogen) atoms. The van der Waals surface area contributed by atoms with E-state index in [0.717, 1.165) is 16.5 Å². The van der Waals surface area contributed by atoms with Crippen LogP contribution >= 0.6 is 0 Å². The maximum Gasteiger partial charge on any atom is 0.257 e. The Morgan fingerprint density at radius 2 is 2.16 bits per heavy atom. The number of carbonyl (C=O) groups excluding carboxylic acids is 1. The van der Waals surface area contributed by atoms with Crippen molar-refractivity contribution >= 4 is 27.3 Å². The number of aromatic nitrogens is 2. The van der Waals surface area contributed by atoms with E-state index in [0.29, 0.717) is 29.9 Å². The van der Waals surface area contributed by atoms with Crippen LogP contribution in [0.4, 0.5) is 20.2 Å². The van der Waals surface area contributed by atoms with Crippen LogP contribution in [0.5, 0.6) is 0 Å². The van der Waals surface area contributed by atoms with Gasteiger partial charge in [-0.2, -0.15) is 5.10 Å². The van der Waals surface area contributed by atoms with E-state index < -0.39 is 28.9 Å². The number of sulfonamides is 1. The fraction of sp³-hybridized carbons (Fsp3) is 0.333. The summed E-state index contributed by atoms with van der Waals surface area (Å²) in [6.07, 6.45) is 1.75. The van der Waals surface area contributed by atoms with Crippen molar-refractivity contribution < 1.29 is 22.0 Å². The van der Waals surface area contributed by atoms with Crippen molar-refractivity contribution in [3.8, 4) is 0 Å². The molecule has 1 aliphatic heterocycles. The van der Waals surface area contributed by atoms with Crippen LogP contribution in [0.25, 0.3) is 0 Å². The molecule has 0 saturated carbocycles. The molecule has 1 aliphatic rings. The molecule has 2 heterocycles. The van der Waals surface area contributed by atoms with Gasteiger partial charge in [-0.3, -0.25) is 13.8 Å². The lowest BCUT2D eigenvalue weighted by atomic mass is 10.1. The number of benzene rings is 1. The molecule has 3 rings (SSSR count). The maximum absolute atomic E-state index is 12.3. The number of carbonyl (C=O) groups is 1. The smallest absolute Gasteiger partial charge is 0.257 e. The highest BCUT2D eigenvalue weighted by molar-refractivity contribution is 7.92. The molecule has 0 fully saturated rings. The van der Waals surface area contributed by atoms with Crippen molar-refractivity contribution in [3.63, 3.8) is 0 Å². The molecular formula is C15H16F2N4O3S. The summed E-state index contributed by atoms with van der Waals surface area (Å²) in [4.78, 5) is 12.3. The molecule has 2 aromatic rings. The number of hydrogen-bond donors (Lipinski definition) is 1. The van der Waals surface area contributed by atoms with Crippen molar-refractivity contribution in [2.45, 2.75) is 19.4 Å². The summed E-state index contributed by atoms with van der Waals surface area (Å²) in [6.45, 7) is -0.199. The summed E-state index contributed by atoms with van der Waals surface area (Å²) in [5.41, 5.74) is 2.01. The van der Waals surface area contributed by atoms with E-state index in [4.69, 9.17) is 0 Å². The first-order chi connectivity index (χ1) is 11.7. The fourth-order valence-electron chi connectivity index (χ4n) is 2.73. The van der Waals surface area contributed by atoms with Gasteiger partial charge in [0.1, 0.15) is 6.54 Å². The Morgan fingerprint density at radius 3 is 2.84 bits per heavy atom. The maximum atomic E-state index is 12.3. The van der Waals surface area contributed by atoms with Gasteiger partial charge in [0.25, 0.3) is 12.3 Å². The number of amides is 1. The van der Waals surface area contributed by atoms with Gasteiger partial charge in [-0.1, -0.05) is 0 Å². The number of nitrogens with zero attached hydrogens (tertiary/aromatic N) is 3. The molecule has 10 heteroatoms. The molecule has 1 aromatic heterocycles. The van der Waals surface area contributed by atoms with Crippen molar-refractivity contribution in [2.75, 3.05) is 22.4 Å². The largest absolute Gasteiger partial charge is 0.319 e. The first kappa shape index (κ1) is 17.3. The summed E-state index contributed by atoms with van der Waals surface area (Å²) in [5, 5.41) is 6.33. The SMILES string of the molecule is CS(=O)(=O)N1CCc2cc(C(=O)Nc3cnn(CC(F)F)c3)ccc21. The van der Waals surface area contributed by atoms with E-state index in [1.165, 1.54) is 22.8 Å². The van der Waals surface area contributed by atoms with Crippen molar-refractivity contribution in [3.05, 3.63) is 41.7 Å². The van der Waals surface area contributed by atoms with Crippen LogP contribution < -0.4 is 9.62 Å². The highest BCUT2D eigenvalue weighted by atomic mass is 32.2. The van der Waals surface area contributed by atoms with Crippen LogP contribution in [-0.2, 0) is 23.0 Å². The van der Waals surface area contributed by atoms with Gasteiger partial charge < -0.3 is 5.32 Å². The number of alkyl halides is 2. The van der Waals surface area contributed by atoms with Gasteiger partial charge in [0.15, 0.2) is 0 Å². The van der Waals surface area contributed by atoms with Gasteiger partial charge in [0, 0.05) is 18.3 Å². The minimum Gasteiger partial charge on any atom is -0.319 e. The van der Waals surface area contributed by atoms with Crippen LogP contribution in [0.1, 0.15) is 15.9 Å². The average molecular weight is 370 g/mol. The number of hydrogen-bond acceptors (Lipinski definition) is 4. The zero-order valence-electron chi connectivity index (χ0n) is 13.3. The number of anilines is 2.